The van der Waals surface area contributed by atoms with E-state index in [1.54, 1.807) is 0 Å². The van der Waals surface area contributed by atoms with Crippen molar-refractivity contribution in [1.82, 2.24) is 0 Å². The Kier molecular flexibility index (Phi) is 7.07. The van der Waals surface area contributed by atoms with Gasteiger partial charge in [-0.05, 0) is 18.2 Å². The molecule has 0 aliphatic heterocycles. The van der Waals surface area contributed by atoms with Gasteiger partial charge >= 0.3 is 0 Å². The second-order valence-corrected chi connectivity index (χ2v) is 3.56. The lowest BCUT2D eigenvalue weighted by atomic mass is 10.2. The summed E-state index contributed by atoms with van der Waals surface area (Å²) in [5.74, 6) is 0. The van der Waals surface area contributed by atoms with Crippen LogP contribution in [0.4, 0.5) is 0 Å². The summed E-state index contributed by atoms with van der Waals surface area (Å²) in [6, 6.07) is 0. The molecule has 0 unspecified atom stereocenters. The summed E-state index contributed by atoms with van der Waals surface area (Å²) in [6.07, 6.45) is 6.58. The minimum absolute atomic E-state index is 0.241. The van der Waals surface area contributed by atoms with E-state index in [0.29, 0.717) is 0 Å². The van der Waals surface area contributed by atoms with Crippen LogP contribution in [0.3, 0.4) is 0 Å². The average Bonchev–Trinajstić information content (AvgIpc) is 2.16. The Labute approximate surface area is 87.4 Å². The van der Waals surface area contributed by atoms with Gasteiger partial charge in [-0.2, -0.15) is 0 Å². The second-order valence-electron chi connectivity index (χ2n) is 3.56. The predicted octanol–water partition coefficient (Wildman–Crippen LogP) is 1.74. The first-order valence-corrected chi connectivity index (χ1v) is 5.03. The van der Waals surface area contributed by atoms with Crippen LogP contribution in [0.2, 0.25) is 0 Å². The number of nitrogens with zero attached hydrogens (tertiary/aromatic N) is 1. The highest BCUT2D eigenvalue weighted by Gasteiger charge is 2.21. The van der Waals surface area contributed by atoms with E-state index in [-0.39, 0.29) is 6.61 Å². The summed E-state index contributed by atoms with van der Waals surface area (Å²) >= 11 is 0. The number of quaternary nitrogens is 1. The SMILES string of the molecule is C=CC[N+](CC=C)(CC=C)CCCO. The molecule has 0 saturated heterocycles. The van der Waals surface area contributed by atoms with Crippen LogP contribution in [0.1, 0.15) is 6.42 Å². The minimum atomic E-state index is 0.241. The van der Waals surface area contributed by atoms with Crippen molar-refractivity contribution in [2.75, 3.05) is 32.8 Å². The molecule has 0 aliphatic carbocycles. The van der Waals surface area contributed by atoms with Crippen molar-refractivity contribution < 1.29 is 9.59 Å². The number of aliphatic hydroxyl groups is 1. The highest BCUT2D eigenvalue weighted by Crippen LogP contribution is 2.09. The van der Waals surface area contributed by atoms with Crippen LogP contribution >= 0.6 is 0 Å². The van der Waals surface area contributed by atoms with E-state index >= 15 is 0 Å². The molecule has 0 aromatic carbocycles. The fraction of sp³-hybridized carbons (Fsp3) is 0.500. The normalized spacial score (nSPS) is 10.9. The molecule has 0 radical (unpaired) electrons. The van der Waals surface area contributed by atoms with Gasteiger partial charge in [0.05, 0.1) is 26.2 Å². The molecule has 1 N–H and O–H groups in total. The molecule has 0 rings (SSSR count). The van der Waals surface area contributed by atoms with Crippen molar-refractivity contribution >= 4 is 0 Å². The van der Waals surface area contributed by atoms with Crippen molar-refractivity contribution in [3.05, 3.63) is 38.0 Å². The van der Waals surface area contributed by atoms with Gasteiger partial charge in [-0.25, -0.2) is 0 Å². The molecule has 0 bridgehead atoms. The Morgan fingerprint density at radius 1 is 0.929 bits per heavy atom. The van der Waals surface area contributed by atoms with Gasteiger partial charge in [0.25, 0.3) is 0 Å². The van der Waals surface area contributed by atoms with Crippen molar-refractivity contribution in [2.45, 2.75) is 6.42 Å². The monoisotopic (exact) mass is 196 g/mol. The highest BCUT2D eigenvalue weighted by atomic mass is 16.3. The van der Waals surface area contributed by atoms with Gasteiger partial charge < -0.3 is 9.59 Å². The number of aliphatic hydroxyl groups excluding tert-OH is 1. The van der Waals surface area contributed by atoms with Gasteiger partial charge in [0, 0.05) is 13.0 Å². The van der Waals surface area contributed by atoms with Gasteiger partial charge in [0.2, 0.25) is 0 Å². The third-order valence-electron chi connectivity index (χ3n) is 2.34. The second kappa shape index (κ2) is 7.54. The van der Waals surface area contributed by atoms with E-state index in [9.17, 15) is 0 Å². The zero-order chi connectivity index (χ0) is 10.9. The lowest BCUT2D eigenvalue weighted by molar-refractivity contribution is -0.912. The summed E-state index contributed by atoms with van der Waals surface area (Å²) in [5, 5.41) is 8.85. The van der Waals surface area contributed by atoms with Crippen LogP contribution in [0.25, 0.3) is 0 Å². The number of rotatable bonds is 9. The molecule has 14 heavy (non-hydrogen) atoms. The smallest absolute Gasteiger partial charge is 0.0975 e. The third kappa shape index (κ3) is 4.40. The van der Waals surface area contributed by atoms with E-state index in [1.165, 1.54) is 0 Å². The number of hydrogen-bond donors (Lipinski definition) is 1. The maximum atomic E-state index is 8.85. The van der Waals surface area contributed by atoms with Crippen LogP contribution in [-0.4, -0.2) is 42.4 Å². The molecule has 0 aromatic rings. The Hall–Kier alpha value is -0.860. The Balaban J connectivity index is 4.43. The summed E-state index contributed by atoms with van der Waals surface area (Å²) in [6.45, 7) is 15.2. The van der Waals surface area contributed by atoms with E-state index in [4.69, 9.17) is 5.11 Å². The molecule has 0 aromatic heterocycles. The van der Waals surface area contributed by atoms with Gasteiger partial charge in [0.1, 0.15) is 0 Å². The predicted molar refractivity (Wildman–Crippen MR) is 62.0 cm³/mol. The first-order chi connectivity index (χ1) is 6.74. The van der Waals surface area contributed by atoms with Gasteiger partial charge in [-0.3, -0.25) is 0 Å². The quantitative estimate of drug-likeness (QED) is 0.440. The van der Waals surface area contributed by atoms with Crippen molar-refractivity contribution in [2.24, 2.45) is 0 Å². The topological polar surface area (TPSA) is 20.2 Å². The van der Waals surface area contributed by atoms with Gasteiger partial charge in [0.15, 0.2) is 0 Å². The molecule has 0 heterocycles. The van der Waals surface area contributed by atoms with E-state index < -0.39 is 0 Å². The molecule has 2 nitrogen and oxygen atoms in total. The maximum Gasteiger partial charge on any atom is 0.0975 e. The summed E-state index contributed by atoms with van der Waals surface area (Å²) in [5.41, 5.74) is 0. The van der Waals surface area contributed by atoms with Gasteiger partial charge in [-0.1, -0.05) is 19.7 Å². The molecule has 0 fully saturated rings. The molecular formula is C12H22NO+. The maximum absolute atomic E-state index is 8.85. The average molecular weight is 196 g/mol. The Morgan fingerprint density at radius 3 is 1.64 bits per heavy atom. The van der Waals surface area contributed by atoms with Crippen molar-refractivity contribution in [3.63, 3.8) is 0 Å². The van der Waals surface area contributed by atoms with Crippen LogP contribution in [0.5, 0.6) is 0 Å². The van der Waals surface area contributed by atoms with Gasteiger partial charge in [-0.15, -0.1) is 0 Å². The van der Waals surface area contributed by atoms with Crippen LogP contribution in [-0.2, 0) is 0 Å². The molecule has 0 saturated carbocycles. The standard InChI is InChI=1S/C12H22NO/c1-4-8-13(9-5-2,10-6-3)11-7-12-14/h4-6,14H,1-3,7-12H2/q+1. The zero-order valence-corrected chi connectivity index (χ0v) is 8.99. The molecular weight excluding hydrogens is 174 g/mol. The molecule has 0 aliphatic rings. The lowest BCUT2D eigenvalue weighted by Gasteiger charge is -2.36. The fourth-order valence-electron chi connectivity index (χ4n) is 1.73. The number of hydrogen-bond acceptors (Lipinski definition) is 1. The first-order valence-electron chi connectivity index (χ1n) is 5.03. The van der Waals surface area contributed by atoms with Crippen molar-refractivity contribution in [1.29, 1.82) is 0 Å². The van der Waals surface area contributed by atoms with Crippen molar-refractivity contribution in [3.8, 4) is 0 Å². The largest absolute Gasteiger partial charge is 0.396 e. The highest BCUT2D eigenvalue weighted by molar-refractivity contribution is 4.76. The van der Waals surface area contributed by atoms with E-state index in [1.807, 2.05) is 18.2 Å². The van der Waals surface area contributed by atoms with Crippen LogP contribution in [0, 0.1) is 0 Å². The molecule has 0 amide bonds. The Bertz CT molecular complexity index is 160. The molecule has 0 spiro atoms. The first kappa shape index (κ1) is 13.1. The van der Waals surface area contributed by atoms with Crippen LogP contribution < -0.4 is 0 Å². The fourth-order valence-corrected chi connectivity index (χ4v) is 1.73. The van der Waals surface area contributed by atoms with E-state index in [0.717, 1.165) is 37.1 Å². The zero-order valence-electron chi connectivity index (χ0n) is 8.99. The summed E-state index contributed by atoms with van der Waals surface area (Å²) < 4.78 is 0.872. The van der Waals surface area contributed by atoms with Crippen LogP contribution in [0.15, 0.2) is 38.0 Å². The minimum Gasteiger partial charge on any atom is -0.396 e. The molecule has 2 heteroatoms. The third-order valence-corrected chi connectivity index (χ3v) is 2.34. The van der Waals surface area contributed by atoms with E-state index in [2.05, 4.69) is 19.7 Å². The summed E-state index contributed by atoms with van der Waals surface area (Å²) in [7, 11) is 0. The molecule has 0 atom stereocenters. The lowest BCUT2D eigenvalue weighted by Crippen LogP contribution is -2.49. The Morgan fingerprint density at radius 2 is 1.36 bits per heavy atom. The summed E-state index contributed by atoms with van der Waals surface area (Å²) in [4.78, 5) is 0. The molecule has 80 valence electrons.